The molecule has 0 saturated heterocycles. The molecular weight excluding hydrogens is 340 g/mol. The molecule has 27 heavy (non-hydrogen) atoms. The first-order valence-electron chi connectivity index (χ1n) is 9.73. The molecule has 0 radical (unpaired) electrons. The first kappa shape index (κ1) is 19.2. The predicted octanol–water partition coefficient (Wildman–Crippen LogP) is 4.39. The molecule has 5 nitrogen and oxygen atoms in total. The summed E-state index contributed by atoms with van der Waals surface area (Å²) in [6.07, 6.45) is 6.54. The maximum atomic E-state index is 13.1. The van der Waals surface area contributed by atoms with Crippen molar-refractivity contribution in [1.29, 1.82) is 0 Å². The van der Waals surface area contributed by atoms with Gasteiger partial charge >= 0.3 is 0 Å². The Hall–Kier alpha value is -2.56. The number of hydrogen-bond donors (Lipinski definition) is 2. The lowest BCUT2D eigenvalue weighted by Crippen LogP contribution is -2.45. The molecule has 3 rings (SSSR count). The van der Waals surface area contributed by atoms with Crippen molar-refractivity contribution in [2.45, 2.75) is 57.9 Å². The van der Waals surface area contributed by atoms with Gasteiger partial charge in [0.25, 0.3) is 0 Å². The molecule has 2 aromatic rings. The minimum Gasteiger partial charge on any atom is -0.467 e. The van der Waals surface area contributed by atoms with Crippen LogP contribution >= 0.6 is 0 Å². The van der Waals surface area contributed by atoms with Gasteiger partial charge in [-0.05, 0) is 42.7 Å². The molecular formula is C22H28N2O3. The Kier molecular flexibility index (Phi) is 5.99. The summed E-state index contributed by atoms with van der Waals surface area (Å²) >= 11 is 0. The van der Waals surface area contributed by atoms with Gasteiger partial charge in [0.15, 0.2) is 0 Å². The Morgan fingerprint density at radius 1 is 1.07 bits per heavy atom. The summed E-state index contributed by atoms with van der Waals surface area (Å²) in [5, 5.41) is 5.96. The molecule has 1 heterocycles. The van der Waals surface area contributed by atoms with E-state index in [4.69, 9.17) is 4.42 Å². The van der Waals surface area contributed by atoms with Gasteiger partial charge in [-0.3, -0.25) is 9.59 Å². The number of anilines is 1. The van der Waals surface area contributed by atoms with E-state index in [-0.39, 0.29) is 17.7 Å². The molecule has 0 spiro atoms. The Labute approximate surface area is 160 Å². The third kappa shape index (κ3) is 4.41. The SMILES string of the molecule is CC(C)C(=O)Nc1ccc(C2(C(=O)NCc3ccco3)CCCCC2)cc1. The zero-order valence-electron chi connectivity index (χ0n) is 16.1. The second-order valence-corrected chi connectivity index (χ2v) is 7.63. The fourth-order valence-corrected chi connectivity index (χ4v) is 3.71. The van der Waals surface area contributed by atoms with E-state index in [9.17, 15) is 9.59 Å². The lowest BCUT2D eigenvalue weighted by molar-refractivity contribution is -0.128. The molecule has 1 aromatic heterocycles. The van der Waals surface area contributed by atoms with Gasteiger partial charge in [0.2, 0.25) is 11.8 Å². The summed E-state index contributed by atoms with van der Waals surface area (Å²) in [5.74, 6) is 0.728. The quantitative estimate of drug-likeness (QED) is 0.794. The zero-order valence-corrected chi connectivity index (χ0v) is 16.1. The molecule has 5 heteroatoms. The first-order valence-corrected chi connectivity index (χ1v) is 9.73. The Morgan fingerprint density at radius 2 is 1.78 bits per heavy atom. The fraction of sp³-hybridized carbons (Fsp3) is 0.455. The van der Waals surface area contributed by atoms with Crippen LogP contribution in [0.2, 0.25) is 0 Å². The third-order valence-electron chi connectivity index (χ3n) is 5.37. The van der Waals surface area contributed by atoms with Crippen LogP contribution in [0.3, 0.4) is 0 Å². The van der Waals surface area contributed by atoms with Gasteiger partial charge in [0.05, 0.1) is 18.2 Å². The average Bonchev–Trinajstić information content (AvgIpc) is 3.20. The summed E-state index contributed by atoms with van der Waals surface area (Å²) in [4.78, 5) is 25.0. The third-order valence-corrected chi connectivity index (χ3v) is 5.37. The Morgan fingerprint density at radius 3 is 2.37 bits per heavy atom. The van der Waals surface area contributed by atoms with Gasteiger partial charge < -0.3 is 15.1 Å². The lowest BCUT2D eigenvalue weighted by Gasteiger charge is -2.36. The highest BCUT2D eigenvalue weighted by Gasteiger charge is 2.40. The summed E-state index contributed by atoms with van der Waals surface area (Å²) in [7, 11) is 0. The highest BCUT2D eigenvalue weighted by Crippen LogP contribution is 2.40. The first-order chi connectivity index (χ1) is 13.0. The number of carbonyl (C=O) groups is 2. The van der Waals surface area contributed by atoms with Gasteiger partial charge in [0, 0.05) is 11.6 Å². The van der Waals surface area contributed by atoms with Gasteiger partial charge in [0.1, 0.15) is 5.76 Å². The molecule has 0 atom stereocenters. The molecule has 1 fully saturated rings. The summed E-state index contributed by atoms with van der Waals surface area (Å²) in [5.41, 5.74) is 1.27. The van der Waals surface area contributed by atoms with Crippen LogP contribution in [-0.2, 0) is 21.5 Å². The summed E-state index contributed by atoms with van der Waals surface area (Å²) in [6, 6.07) is 11.4. The van der Waals surface area contributed by atoms with Crippen molar-refractivity contribution in [1.82, 2.24) is 5.32 Å². The van der Waals surface area contributed by atoms with Crippen LogP contribution in [0.5, 0.6) is 0 Å². The van der Waals surface area contributed by atoms with Crippen molar-refractivity contribution in [3.05, 3.63) is 54.0 Å². The van der Waals surface area contributed by atoms with E-state index in [1.165, 1.54) is 0 Å². The van der Waals surface area contributed by atoms with Crippen molar-refractivity contribution >= 4 is 17.5 Å². The van der Waals surface area contributed by atoms with Crippen LogP contribution in [-0.4, -0.2) is 11.8 Å². The van der Waals surface area contributed by atoms with Gasteiger partial charge in [-0.25, -0.2) is 0 Å². The molecule has 1 aromatic carbocycles. The maximum absolute atomic E-state index is 13.1. The number of nitrogens with one attached hydrogen (secondary N) is 2. The molecule has 1 aliphatic carbocycles. The van der Waals surface area contributed by atoms with E-state index >= 15 is 0 Å². The fourth-order valence-electron chi connectivity index (χ4n) is 3.71. The van der Waals surface area contributed by atoms with Crippen LogP contribution in [0.15, 0.2) is 47.1 Å². The molecule has 144 valence electrons. The molecule has 2 amide bonds. The van der Waals surface area contributed by atoms with Crippen LogP contribution in [0.25, 0.3) is 0 Å². The van der Waals surface area contributed by atoms with Crippen molar-refractivity contribution < 1.29 is 14.0 Å². The topological polar surface area (TPSA) is 71.3 Å². The predicted molar refractivity (Wildman–Crippen MR) is 105 cm³/mol. The molecule has 1 aliphatic rings. The number of amides is 2. The largest absolute Gasteiger partial charge is 0.467 e. The highest BCUT2D eigenvalue weighted by molar-refractivity contribution is 5.92. The molecule has 0 aliphatic heterocycles. The van der Waals surface area contributed by atoms with Gasteiger partial charge in [-0.15, -0.1) is 0 Å². The Bertz CT molecular complexity index is 757. The lowest BCUT2D eigenvalue weighted by atomic mass is 9.68. The highest BCUT2D eigenvalue weighted by atomic mass is 16.3. The second kappa shape index (κ2) is 8.42. The Balaban J connectivity index is 1.77. The molecule has 0 bridgehead atoms. The van der Waals surface area contributed by atoms with Crippen molar-refractivity contribution in [3.63, 3.8) is 0 Å². The van der Waals surface area contributed by atoms with Crippen LogP contribution in [0.1, 0.15) is 57.3 Å². The van der Waals surface area contributed by atoms with Crippen LogP contribution in [0.4, 0.5) is 5.69 Å². The van der Waals surface area contributed by atoms with E-state index in [1.54, 1.807) is 6.26 Å². The number of carbonyl (C=O) groups excluding carboxylic acids is 2. The molecule has 0 unspecified atom stereocenters. The van der Waals surface area contributed by atoms with E-state index < -0.39 is 5.41 Å². The standard InChI is InChI=1S/C22H28N2O3/c1-16(2)20(25)24-18-10-8-17(9-11-18)22(12-4-3-5-13-22)21(26)23-15-19-7-6-14-27-19/h6-11,14,16H,3-5,12-13,15H2,1-2H3,(H,23,26)(H,24,25). The summed E-state index contributed by atoms with van der Waals surface area (Å²) in [6.45, 7) is 4.13. The second-order valence-electron chi connectivity index (χ2n) is 7.63. The number of benzene rings is 1. The monoisotopic (exact) mass is 368 g/mol. The summed E-state index contributed by atoms with van der Waals surface area (Å²) < 4.78 is 5.33. The van der Waals surface area contributed by atoms with E-state index in [1.807, 2.05) is 50.2 Å². The number of furan rings is 1. The van der Waals surface area contributed by atoms with E-state index in [0.29, 0.717) is 6.54 Å². The van der Waals surface area contributed by atoms with Crippen LogP contribution < -0.4 is 10.6 Å². The van der Waals surface area contributed by atoms with Gasteiger partial charge in [-0.2, -0.15) is 0 Å². The zero-order chi connectivity index (χ0) is 19.3. The van der Waals surface area contributed by atoms with Gasteiger partial charge in [-0.1, -0.05) is 45.2 Å². The normalized spacial score (nSPS) is 16.1. The maximum Gasteiger partial charge on any atom is 0.231 e. The van der Waals surface area contributed by atoms with E-state index in [2.05, 4.69) is 10.6 Å². The molecule has 2 N–H and O–H groups in total. The van der Waals surface area contributed by atoms with E-state index in [0.717, 1.165) is 49.1 Å². The minimum absolute atomic E-state index is 0.00804. The number of hydrogen-bond acceptors (Lipinski definition) is 3. The smallest absolute Gasteiger partial charge is 0.231 e. The minimum atomic E-state index is -0.509. The van der Waals surface area contributed by atoms with Crippen molar-refractivity contribution in [2.24, 2.45) is 5.92 Å². The van der Waals surface area contributed by atoms with Crippen LogP contribution in [0, 0.1) is 5.92 Å². The van der Waals surface area contributed by atoms with Crippen molar-refractivity contribution in [2.75, 3.05) is 5.32 Å². The average molecular weight is 368 g/mol. The number of rotatable bonds is 6. The van der Waals surface area contributed by atoms with Crippen molar-refractivity contribution in [3.8, 4) is 0 Å². The molecule has 1 saturated carbocycles.